The molecule has 0 saturated carbocycles. The van der Waals surface area contributed by atoms with Gasteiger partial charge < -0.3 is 15.0 Å². The van der Waals surface area contributed by atoms with Crippen molar-refractivity contribution in [2.75, 3.05) is 13.7 Å². The van der Waals surface area contributed by atoms with Crippen molar-refractivity contribution in [1.29, 1.82) is 0 Å². The first-order valence-electron chi connectivity index (χ1n) is 5.85. The Bertz CT molecular complexity index is 678. The summed E-state index contributed by atoms with van der Waals surface area (Å²) in [6.45, 7) is 2.19. The molecule has 0 radical (unpaired) electrons. The highest BCUT2D eigenvalue weighted by atomic mass is 16.5. The molecule has 2 heterocycles. The van der Waals surface area contributed by atoms with E-state index in [2.05, 4.69) is 4.98 Å². The van der Waals surface area contributed by atoms with E-state index in [0.29, 0.717) is 17.6 Å². The highest BCUT2D eigenvalue weighted by molar-refractivity contribution is 5.95. The van der Waals surface area contributed by atoms with Crippen molar-refractivity contribution in [2.45, 2.75) is 13.0 Å². The van der Waals surface area contributed by atoms with Gasteiger partial charge in [-0.2, -0.15) is 0 Å². The summed E-state index contributed by atoms with van der Waals surface area (Å²) in [4.78, 5) is 27.8. The van der Waals surface area contributed by atoms with Gasteiger partial charge in [-0.25, -0.2) is 0 Å². The predicted molar refractivity (Wildman–Crippen MR) is 71.1 cm³/mol. The standard InChI is InChI=1S/C13H15N3O3/c1-8(7-19-2)16-11-4-3-5-15-10(11)6-9(12(14)17)13(16)18/h3-6,8H,7H2,1-2H3,(H2,14,17). The monoisotopic (exact) mass is 261 g/mol. The van der Waals surface area contributed by atoms with E-state index in [1.165, 1.54) is 10.6 Å². The van der Waals surface area contributed by atoms with E-state index in [4.69, 9.17) is 10.5 Å². The molecule has 2 N–H and O–H groups in total. The Kier molecular flexibility index (Phi) is 3.62. The smallest absolute Gasteiger partial charge is 0.264 e. The van der Waals surface area contributed by atoms with Crippen molar-refractivity contribution in [1.82, 2.24) is 9.55 Å². The molecule has 0 aliphatic carbocycles. The van der Waals surface area contributed by atoms with Crippen LogP contribution in [0.5, 0.6) is 0 Å². The second kappa shape index (κ2) is 5.19. The van der Waals surface area contributed by atoms with Crippen molar-refractivity contribution < 1.29 is 9.53 Å². The zero-order valence-corrected chi connectivity index (χ0v) is 10.8. The lowest BCUT2D eigenvalue weighted by molar-refractivity contribution is 0.0997. The maximum absolute atomic E-state index is 12.3. The SMILES string of the molecule is COCC(C)n1c(=O)c(C(N)=O)cc2ncccc21. The van der Waals surface area contributed by atoms with Crippen LogP contribution in [-0.4, -0.2) is 29.2 Å². The van der Waals surface area contributed by atoms with Gasteiger partial charge in [0.2, 0.25) is 0 Å². The second-order valence-electron chi connectivity index (χ2n) is 4.31. The minimum Gasteiger partial charge on any atom is -0.383 e. The number of fused-ring (bicyclic) bond motifs is 1. The van der Waals surface area contributed by atoms with E-state index in [9.17, 15) is 9.59 Å². The molecule has 100 valence electrons. The van der Waals surface area contributed by atoms with Gasteiger partial charge in [-0.1, -0.05) is 0 Å². The molecule has 1 unspecified atom stereocenters. The summed E-state index contributed by atoms with van der Waals surface area (Å²) in [5.74, 6) is -0.754. The molecule has 6 nitrogen and oxygen atoms in total. The predicted octanol–water partition coefficient (Wildman–Crippen LogP) is 0.703. The quantitative estimate of drug-likeness (QED) is 0.877. The van der Waals surface area contributed by atoms with Crippen LogP contribution in [0.2, 0.25) is 0 Å². The second-order valence-corrected chi connectivity index (χ2v) is 4.31. The third-order valence-electron chi connectivity index (χ3n) is 2.92. The minimum atomic E-state index is -0.754. The Morgan fingerprint density at radius 2 is 2.32 bits per heavy atom. The molecule has 0 spiro atoms. The highest BCUT2D eigenvalue weighted by Crippen LogP contribution is 2.15. The molecule has 2 aromatic heterocycles. The summed E-state index contributed by atoms with van der Waals surface area (Å²) < 4.78 is 6.56. The number of nitrogens with two attached hydrogens (primary N) is 1. The Labute approximate surface area is 109 Å². The first-order chi connectivity index (χ1) is 9.06. The summed E-state index contributed by atoms with van der Waals surface area (Å²) >= 11 is 0. The van der Waals surface area contributed by atoms with Crippen LogP contribution in [0.3, 0.4) is 0 Å². The van der Waals surface area contributed by atoms with Crippen LogP contribution in [0.4, 0.5) is 0 Å². The van der Waals surface area contributed by atoms with Gasteiger partial charge in [-0.15, -0.1) is 0 Å². The lowest BCUT2D eigenvalue weighted by Crippen LogP contribution is -2.32. The summed E-state index contributed by atoms with van der Waals surface area (Å²) in [6.07, 6.45) is 1.60. The zero-order chi connectivity index (χ0) is 14.0. The number of amides is 1. The average Bonchev–Trinajstić information content (AvgIpc) is 2.37. The zero-order valence-electron chi connectivity index (χ0n) is 10.8. The van der Waals surface area contributed by atoms with E-state index < -0.39 is 11.5 Å². The van der Waals surface area contributed by atoms with Gasteiger partial charge in [0, 0.05) is 13.3 Å². The minimum absolute atomic E-state index is 0.0610. The van der Waals surface area contributed by atoms with Crippen molar-refractivity contribution in [2.24, 2.45) is 5.73 Å². The molecule has 0 aromatic carbocycles. The number of ether oxygens (including phenoxy) is 1. The number of primary amides is 1. The van der Waals surface area contributed by atoms with Crippen LogP contribution in [0, 0.1) is 0 Å². The summed E-state index contributed by atoms with van der Waals surface area (Å²) in [5.41, 5.74) is 5.97. The maximum Gasteiger partial charge on any atom is 0.264 e. The number of nitrogens with zero attached hydrogens (tertiary/aromatic N) is 2. The normalized spacial score (nSPS) is 12.5. The Morgan fingerprint density at radius 1 is 1.58 bits per heavy atom. The first kappa shape index (κ1) is 13.2. The number of pyridine rings is 2. The van der Waals surface area contributed by atoms with Crippen LogP contribution < -0.4 is 11.3 Å². The third kappa shape index (κ3) is 2.34. The molecule has 2 aromatic rings. The number of carbonyl (C=O) groups is 1. The van der Waals surface area contributed by atoms with Gasteiger partial charge in [-0.3, -0.25) is 14.6 Å². The Hall–Kier alpha value is -2.21. The number of aromatic nitrogens is 2. The Morgan fingerprint density at radius 3 is 2.95 bits per heavy atom. The molecule has 0 aliphatic rings. The third-order valence-corrected chi connectivity index (χ3v) is 2.92. The highest BCUT2D eigenvalue weighted by Gasteiger charge is 2.17. The lowest BCUT2D eigenvalue weighted by Gasteiger charge is -2.17. The van der Waals surface area contributed by atoms with E-state index in [1.807, 2.05) is 6.92 Å². The van der Waals surface area contributed by atoms with Crippen LogP contribution >= 0.6 is 0 Å². The van der Waals surface area contributed by atoms with E-state index in [0.717, 1.165) is 0 Å². The number of hydrogen-bond acceptors (Lipinski definition) is 4. The van der Waals surface area contributed by atoms with Crippen LogP contribution in [0.25, 0.3) is 11.0 Å². The molecule has 19 heavy (non-hydrogen) atoms. The molecule has 6 heteroatoms. The summed E-state index contributed by atoms with van der Waals surface area (Å²) in [5, 5.41) is 0. The van der Waals surface area contributed by atoms with E-state index in [1.54, 1.807) is 25.4 Å². The molecular weight excluding hydrogens is 246 g/mol. The topological polar surface area (TPSA) is 87.2 Å². The van der Waals surface area contributed by atoms with Crippen molar-refractivity contribution in [3.8, 4) is 0 Å². The van der Waals surface area contributed by atoms with E-state index >= 15 is 0 Å². The van der Waals surface area contributed by atoms with Crippen molar-refractivity contribution in [3.05, 3.63) is 40.3 Å². The van der Waals surface area contributed by atoms with Gasteiger partial charge in [0.25, 0.3) is 11.5 Å². The Balaban J connectivity index is 2.80. The fourth-order valence-electron chi connectivity index (χ4n) is 2.09. The molecule has 0 aliphatic heterocycles. The fraction of sp³-hybridized carbons (Fsp3) is 0.308. The molecule has 1 amide bonds. The average molecular weight is 261 g/mol. The van der Waals surface area contributed by atoms with Gasteiger partial charge >= 0.3 is 0 Å². The molecule has 0 saturated heterocycles. The van der Waals surface area contributed by atoms with E-state index in [-0.39, 0.29) is 11.6 Å². The number of carbonyl (C=O) groups excluding carboxylic acids is 1. The molecule has 0 fully saturated rings. The molecule has 0 bridgehead atoms. The fourth-order valence-corrected chi connectivity index (χ4v) is 2.09. The lowest BCUT2D eigenvalue weighted by atomic mass is 10.2. The van der Waals surface area contributed by atoms with Gasteiger partial charge in [0.1, 0.15) is 5.56 Å². The number of rotatable bonds is 4. The van der Waals surface area contributed by atoms with Gasteiger partial charge in [0.05, 0.1) is 23.7 Å². The summed E-state index contributed by atoms with van der Waals surface area (Å²) in [7, 11) is 1.56. The molecular formula is C13H15N3O3. The number of hydrogen-bond donors (Lipinski definition) is 1. The van der Waals surface area contributed by atoms with Gasteiger partial charge in [0.15, 0.2) is 0 Å². The largest absolute Gasteiger partial charge is 0.383 e. The first-order valence-corrected chi connectivity index (χ1v) is 5.85. The molecule has 2 rings (SSSR count). The van der Waals surface area contributed by atoms with Crippen LogP contribution in [0.15, 0.2) is 29.2 Å². The maximum atomic E-state index is 12.3. The number of methoxy groups -OCH3 is 1. The van der Waals surface area contributed by atoms with Gasteiger partial charge in [-0.05, 0) is 25.1 Å². The van der Waals surface area contributed by atoms with Crippen LogP contribution in [-0.2, 0) is 4.74 Å². The van der Waals surface area contributed by atoms with Crippen LogP contribution in [0.1, 0.15) is 23.3 Å². The van der Waals surface area contributed by atoms with Crippen molar-refractivity contribution >= 4 is 16.9 Å². The van der Waals surface area contributed by atoms with Crippen molar-refractivity contribution in [3.63, 3.8) is 0 Å². The molecule has 1 atom stereocenters. The summed E-state index contributed by atoms with van der Waals surface area (Å²) in [6, 6.07) is 4.72.